The zero-order valence-corrected chi connectivity index (χ0v) is 10.0. The topological polar surface area (TPSA) is 29.9 Å². The normalized spacial score (nSPS) is 13.5. The smallest absolute Gasteiger partial charge is 0.177 e. The molecule has 1 atom stereocenters. The lowest BCUT2D eigenvalue weighted by molar-refractivity contribution is 0.132. The number of ether oxygens (including phenoxy) is 1. The number of hydrogen-bond donors (Lipinski definition) is 1. The van der Waals surface area contributed by atoms with Gasteiger partial charge in [-0.05, 0) is 25.1 Å². The van der Waals surface area contributed by atoms with Crippen LogP contribution in [0.5, 0.6) is 0 Å². The van der Waals surface area contributed by atoms with Gasteiger partial charge in [0.1, 0.15) is 0 Å². The zero-order valence-electron chi connectivity index (χ0n) is 9.20. The molecule has 1 heterocycles. The van der Waals surface area contributed by atoms with E-state index >= 15 is 0 Å². The monoisotopic (exact) mass is 214 g/mol. The van der Waals surface area contributed by atoms with E-state index in [0.717, 1.165) is 10.5 Å². The third kappa shape index (κ3) is 2.45. The first-order chi connectivity index (χ1) is 6.56. The van der Waals surface area contributed by atoms with Gasteiger partial charge in [0.2, 0.25) is 0 Å². The van der Waals surface area contributed by atoms with Gasteiger partial charge < -0.3 is 14.3 Å². The van der Waals surface area contributed by atoms with Crippen LogP contribution in [-0.2, 0) is 4.74 Å². The summed E-state index contributed by atoms with van der Waals surface area (Å²) in [4.78, 5) is 3.12. The van der Waals surface area contributed by atoms with E-state index in [-0.39, 0.29) is 0 Å². The summed E-state index contributed by atoms with van der Waals surface area (Å²) in [5.74, 6) is 0.511. The second kappa shape index (κ2) is 4.75. The van der Waals surface area contributed by atoms with Gasteiger partial charge >= 0.3 is 0 Å². The first-order valence-electron chi connectivity index (χ1n) is 4.83. The number of nitrogens with zero attached hydrogens (tertiary/aromatic N) is 1. The molecule has 0 aromatic carbocycles. The summed E-state index contributed by atoms with van der Waals surface area (Å²) in [7, 11) is 1.72. The fourth-order valence-electron chi connectivity index (χ4n) is 1.54. The van der Waals surface area contributed by atoms with Crippen molar-refractivity contribution in [2.24, 2.45) is 5.92 Å². The molecule has 0 fully saturated rings. The zero-order chi connectivity index (χ0) is 10.7. The van der Waals surface area contributed by atoms with Crippen molar-refractivity contribution in [3.05, 3.63) is 16.7 Å². The van der Waals surface area contributed by atoms with Crippen LogP contribution in [0.15, 0.2) is 6.20 Å². The molecular formula is C10H18N2OS. The number of imidazole rings is 1. The summed E-state index contributed by atoms with van der Waals surface area (Å²) in [6, 6.07) is 0.317. The van der Waals surface area contributed by atoms with Gasteiger partial charge in [0, 0.05) is 19.0 Å². The molecule has 1 rings (SSSR count). The minimum Gasteiger partial charge on any atom is -0.383 e. The Hall–Kier alpha value is -0.610. The number of nitrogens with one attached hydrogen (secondary N) is 1. The maximum atomic E-state index is 5.23. The first kappa shape index (κ1) is 11.5. The average molecular weight is 214 g/mol. The van der Waals surface area contributed by atoms with Gasteiger partial charge in [-0.15, -0.1) is 0 Å². The largest absolute Gasteiger partial charge is 0.383 e. The highest BCUT2D eigenvalue weighted by atomic mass is 32.1. The van der Waals surface area contributed by atoms with E-state index in [1.54, 1.807) is 7.11 Å². The van der Waals surface area contributed by atoms with Gasteiger partial charge in [-0.1, -0.05) is 13.8 Å². The van der Waals surface area contributed by atoms with Crippen LogP contribution in [0.4, 0.5) is 0 Å². The Balaban J connectivity index is 2.98. The van der Waals surface area contributed by atoms with Crippen LogP contribution in [0.1, 0.15) is 25.6 Å². The van der Waals surface area contributed by atoms with Gasteiger partial charge in [0.05, 0.1) is 12.6 Å². The number of aromatic amines is 1. The van der Waals surface area contributed by atoms with E-state index < -0.39 is 0 Å². The molecule has 0 aliphatic carbocycles. The summed E-state index contributed by atoms with van der Waals surface area (Å²) < 4.78 is 8.06. The van der Waals surface area contributed by atoms with Gasteiger partial charge in [-0.3, -0.25) is 0 Å². The molecule has 1 N–H and O–H groups in total. The standard InChI is InChI=1S/C10H18N2OS/c1-7(2)9(6-13-4)12-5-8(3)11-10(12)14/h5,7,9H,6H2,1-4H3,(H,11,14). The molecule has 14 heavy (non-hydrogen) atoms. The van der Waals surface area contributed by atoms with E-state index in [1.165, 1.54) is 0 Å². The van der Waals surface area contributed by atoms with E-state index in [1.807, 2.05) is 13.1 Å². The summed E-state index contributed by atoms with van der Waals surface area (Å²) in [6.07, 6.45) is 2.05. The predicted molar refractivity (Wildman–Crippen MR) is 60.1 cm³/mol. The Morgan fingerprint density at radius 3 is 2.57 bits per heavy atom. The third-order valence-electron chi connectivity index (χ3n) is 2.34. The molecule has 3 nitrogen and oxygen atoms in total. The number of rotatable bonds is 4. The Morgan fingerprint density at radius 1 is 1.57 bits per heavy atom. The summed E-state index contributed by atoms with van der Waals surface area (Å²) in [5, 5.41) is 0. The predicted octanol–water partition coefficient (Wildman–Crippen LogP) is 2.70. The van der Waals surface area contributed by atoms with Crippen molar-refractivity contribution < 1.29 is 4.74 Å². The van der Waals surface area contributed by atoms with Crippen LogP contribution in [0.25, 0.3) is 0 Å². The molecule has 0 spiro atoms. The highest BCUT2D eigenvalue weighted by molar-refractivity contribution is 7.71. The van der Waals surface area contributed by atoms with Crippen LogP contribution in [0.2, 0.25) is 0 Å². The second-order valence-electron chi connectivity index (χ2n) is 3.92. The lowest BCUT2D eigenvalue weighted by atomic mass is 10.1. The highest BCUT2D eigenvalue weighted by Crippen LogP contribution is 2.18. The van der Waals surface area contributed by atoms with E-state index in [4.69, 9.17) is 17.0 Å². The number of hydrogen-bond acceptors (Lipinski definition) is 2. The van der Waals surface area contributed by atoms with E-state index in [9.17, 15) is 0 Å². The Bertz CT molecular complexity index is 340. The van der Waals surface area contributed by atoms with Crippen LogP contribution in [0, 0.1) is 17.6 Å². The quantitative estimate of drug-likeness (QED) is 0.781. The lowest BCUT2D eigenvalue weighted by Gasteiger charge is -2.21. The Labute approximate surface area is 90.1 Å². The molecule has 0 saturated heterocycles. The van der Waals surface area contributed by atoms with Crippen LogP contribution in [-0.4, -0.2) is 23.3 Å². The maximum Gasteiger partial charge on any atom is 0.177 e. The summed E-state index contributed by atoms with van der Waals surface area (Å²) in [6.45, 7) is 7.06. The van der Waals surface area contributed by atoms with Gasteiger partial charge in [-0.2, -0.15) is 0 Å². The average Bonchev–Trinajstić information content (AvgIpc) is 2.40. The molecule has 1 aromatic heterocycles. The van der Waals surface area contributed by atoms with Gasteiger partial charge in [0.15, 0.2) is 4.77 Å². The van der Waals surface area contributed by atoms with Crippen molar-refractivity contribution in [3.8, 4) is 0 Å². The van der Waals surface area contributed by atoms with Gasteiger partial charge in [-0.25, -0.2) is 0 Å². The molecule has 4 heteroatoms. The molecule has 0 aliphatic rings. The molecule has 0 radical (unpaired) electrons. The molecule has 80 valence electrons. The van der Waals surface area contributed by atoms with Crippen LogP contribution < -0.4 is 0 Å². The first-order valence-corrected chi connectivity index (χ1v) is 5.23. The SMILES string of the molecule is COCC(C(C)C)n1cc(C)[nH]c1=S. The lowest BCUT2D eigenvalue weighted by Crippen LogP contribution is -2.19. The molecular weight excluding hydrogens is 196 g/mol. The van der Waals surface area contributed by atoms with Crippen molar-refractivity contribution in [1.29, 1.82) is 0 Å². The molecule has 0 amide bonds. The summed E-state index contributed by atoms with van der Waals surface area (Å²) in [5.41, 5.74) is 1.09. The molecule has 0 saturated carbocycles. The fraction of sp³-hybridized carbons (Fsp3) is 0.700. The van der Waals surface area contributed by atoms with Crippen molar-refractivity contribution in [1.82, 2.24) is 9.55 Å². The molecule has 0 bridgehead atoms. The number of aryl methyl sites for hydroxylation is 1. The number of H-pyrrole nitrogens is 1. The number of methoxy groups -OCH3 is 1. The van der Waals surface area contributed by atoms with Crippen LogP contribution >= 0.6 is 12.2 Å². The third-order valence-corrected chi connectivity index (χ3v) is 2.65. The van der Waals surface area contributed by atoms with Crippen molar-refractivity contribution >= 4 is 12.2 Å². The van der Waals surface area contributed by atoms with Gasteiger partial charge in [0.25, 0.3) is 0 Å². The molecule has 1 aromatic rings. The number of aromatic nitrogens is 2. The van der Waals surface area contributed by atoms with Crippen LogP contribution in [0.3, 0.4) is 0 Å². The fourth-order valence-corrected chi connectivity index (χ4v) is 1.89. The maximum absolute atomic E-state index is 5.23. The molecule has 1 unspecified atom stereocenters. The summed E-state index contributed by atoms with van der Waals surface area (Å²) >= 11 is 5.23. The van der Waals surface area contributed by atoms with Crippen molar-refractivity contribution in [2.45, 2.75) is 26.8 Å². The highest BCUT2D eigenvalue weighted by Gasteiger charge is 2.16. The second-order valence-corrected chi connectivity index (χ2v) is 4.30. The Kier molecular flexibility index (Phi) is 3.89. The minimum absolute atomic E-state index is 0.317. The minimum atomic E-state index is 0.317. The molecule has 0 aliphatic heterocycles. The van der Waals surface area contributed by atoms with Crippen molar-refractivity contribution in [3.63, 3.8) is 0 Å². The Morgan fingerprint density at radius 2 is 2.21 bits per heavy atom. The van der Waals surface area contributed by atoms with Crippen molar-refractivity contribution in [2.75, 3.05) is 13.7 Å². The van der Waals surface area contributed by atoms with E-state index in [0.29, 0.717) is 18.6 Å². The van der Waals surface area contributed by atoms with E-state index in [2.05, 4.69) is 23.4 Å².